The number of nitrogens with zero attached hydrogens (tertiary/aromatic N) is 3. The number of nitrogens with one attached hydrogen (secondary N) is 1. The van der Waals surface area contributed by atoms with Gasteiger partial charge in [-0.2, -0.15) is 0 Å². The van der Waals surface area contributed by atoms with Crippen molar-refractivity contribution in [2.24, 2.45) is 0 Å². The number of amides is 3. The number of methoxy groups -OCH3 is 1. The molecule has 7 heteroatoms. The van der Waals surface area contributed by atoms with Crippen LogP contribution in [0, 0.1) is 0 Å². The Hall–Kier alpha value is -2.28. The number of piperazine rings is 1. The third-order valence-electron chi connectivity index (χ3n) is 5.33. The van der Waals surface area contributed by atoms with E-state index in [2.05, 4.69) is 10.2 Å². The normalized spacial score (nSPS) is 17.8. The fraction of sp³-hybridized carbons (Fsp3) is 0.600. The second-order valence-corrected chi connectivity index (χ2v) is 7.18. The fourth-order valence-electron chi connectivity index (χ4n) is 3.58. The van der Waals surface area contributed by atoms with E-state index in [1.165, 1.54) is 5.56 Å². The summed E-state index contributed by atoms with van der Waals surface area (Å²) in [5.41, 5.74) is 1.17. The van der Waals surface area contributed by atoms with E-state index in [1.54, 1.807) is 7.11 Å². The van der Waals surface area contributed by atoms with Gasteiger partial charge in [0.1, 0.15) is 5.75 Å². The van der Waals surface area contributed by atoms with Crippen LogP contribution >= 0.6 is 0 Å². The monoisotopic (exact) mass is 374 g/mol. The molecule has 3 amide bonds. The van der Waals surface area contributed by atoms with Crippen LogP contribution in [-0.2, 0) is 11.2 Å². The highest BCUT2D eigenvalue weighted by molar-refractivity contribution is 5.78. The Bertz CT molecular complexity index is 621. The van der Waals surface area contributed by atoms with Gasteiger partial charge in [0.2, 0.25) is 5.91 Å². The summed E-state index contributed by atoms with van der Waals surface area (Å²) >= 11 is 0. The second kappa shape index (κ2) is 9.60. The van der Waals surface area contributed by atoms with Crippen LogP contribution in [0.4, 0.5) is 4.79 Å². The lowest BCUT2D eigenvalue weighted by molar-refractivity contribution is -0.131. The van der Waals surface area contributed by atoms with Crippen LogP contribution < -0.4 is 10.1 Å². The fourth-order valence-corrected chi connectivity index (χ4v) is 3.58. The number of carbonyl (C=O) groups excluding carboxylic acids is 2. The molecule has 0 spiro atoms. The molecule has 0 aromatic heterocycles. The minimum absolute atomic E-state index is 0.0194. The summed E-state index contributed by atoms with van der Waals surface area (Å²) in [5, 5.41) is 2.99. The van der Waals surface area contributed by atoms with Crippen molar-refractivity contribution in [2.75, 3.05) is 59.5 Å². The van der Waals surface area contributed by atoms with E-state index in [0.29, 0.717) is 26.2 Å². The number of benzene rings is 1. The van der Waals surface area contributed by atoms with Gasteiger partial charge >= 0.3 is 6.03 Å². The van der Waals surface area contributed by atoms with Gasteiger partial charge in [-0.1, -0.05) is 12.1 Å². The first kappa shape index (κ1) is 19.5. The lowest BCUT2D eigenvalue weighted by Crippen LogP contribution is -2.53. The molecule has 27 heavy (non-hydrogen) atoms. The van der Waals surface area contributed by atoms with Crippen LogP contribution in [0.5, 0.6) is 5.75 Å². The van der Waals surface area contributed by atoms with Crippen LogP contribution in [0.25, 0.3) is 0 Å². The largest absolute Gasteiger partial charge is 0.497 e. The van der Waals surface area contributed by atoms with E-state index in [9.17, 15) is 9.59 Å². The molecule has 2 fully saturated rings. The van der Waals surface area contributed by atoms with Crippen molar-refractivity contribution >= 4 is 11.9 Å². The lowest BCUT2D eigenvalue weighted by Gasteiger charge is -2.35. The number of likely N-dealkylation sites (tertiary alicyclic amines) is 1. The first-order valence-corrected chi connectivity index (χ1v) is 9.81. The average Bonchev–Trinajstić information content (AvgIpc) is 3.24. The standard InChI is InChI=1S/C20H30N4O3/c1-27-18-6-4-17(5-7-18)8-9-21-20(26)24-14-12-22(13-15-24)16-19(25)23-10-2-3-11-23/h4-7H,2-3,8-16H2,1H3,(H,21,26). The van der Waals surface area contributed by atoms with Crippen molar-refractivity contribution in [3.63, 3.8) is 0 Å². The van der Waals surface area contributed by atoms with Crippen molar-refractivity contribution in [3.8, 4) is 5.75 Å². The van der Waals surface area contributed by atoms with Gasteiger partial charge in [-0.3, -0.25) is 9.69 Å². The Labute approximate surface area is 161 Å². The molecule has 0 saturated carbocycles. The van der Waals surface area contributed by atoms with E-state index in [0.717, 1.165) is 51.2 Å². The predicted octanol–water partition coefficient (Wildman–Crippen LogP) is 1.19. The van der Waals surface area contributed by atoms with Gasteiger partial charge < -0.3 is 19.9 Å². The molecular formula is C20H30N4O3. The maximum absolute atomic E-state index is 12.3. The molecule has 2 aliphatic rings. The minimum atomic E-state index is -0.0194. The van der Waals surface area contributed by atoms with Gasteiger partial charge in [0.15, 0.2) is 0 Å². The lowest BCUT2D eigenvalue weighted by atomic mass is 10.1. The molecule has 1 aromatic rings. The third-order valence-corrected chi connectivity index (χ3v) is 5.33. The van der Waals surface area contributed by atoms with Gasteiger partial charge in [0.25, 0.3) is 0 Å². The highest BCUT2D eigenvalue weighted by Gasteiger charge is 2.25. The van der Waals surface area contributed by atoms with Crippen molar-refractivity contribution in [1.29, 1.82) is 0 Å². The molecular weight excluding hydrogens is 344 g/mol. The zero-order chi connectivity index (χ0) is 19.1. The Balaban J connectivity index is 1.33. The quantitative estimate of drug-likeness (QED) is 0.812. The van der Waals surface area contributed by atoms with Gasteiger partial charge in [-0.05, 0) is 37.0 Å². The minimum Gasteiger partial charge on any atom is -0.497 e. The summed E-state index contributed by atoms with van der Waals surface area (Å²) in [6.45, 7) is 5.73. The maximum atomic E-state index is 12.3. The summed E-state index contributed by atoms with van der Waals surface area (Å²) in [6, 6.07) is 7.87. The van der Waals surface area contributed by atoms with Crippen LogP contribution in [0.2, 0.25) is 0 Å². The predicted molar refractivity (Wildman–Crippen MR) is 104 cm³/mol. The number of hydrogen-bond acceptors (Lipinski definition) is 4. The topological polar surface area (TPSA) is 65.1 Å². The Morgan fingerprint density at radius 1 is 0.963 bits per heavy atom. The summed E-state index contributed by atoms with van der Waals surface area (Å²) in [4.78, 5) is 30.5. The molecule has 0 bridgehead atoms. The molecule has 7 nitrogen and oxygen atoms in total. The van der Waals surface area contributed by atoms with E-state index in [4.69, 9.17) is 4.74 Å². The van der Waals surface area contributed by atoms with E-state index in [-0.39, 0.29) is 11.9 Å². The molecule has 0 aliphatic carbocycles. The molecule has 2 saturated heterocycles. The van der Waals surface area contributed by atoms with Crippen molar-refractivity contribution in [3.05, 3.63) is 29.8 Å². The van der Waals surface area contributed by atoms with Crippen LogP contribution in [0.3, 0.4) is 0 Å². The third kappa shape index (κ3) is 5.60. The summed E-state index contributed by atoms with van der Waals surface area (Å²) < 4.78 is 5.15. The number of hydrogen-bond donors (Lipinski definition) is 1. The summed E-state index contributed by atoms with van der Waals surface area (Å²) in [6.07, 6.45) is 3.03. The average molecular weight is 374 g/mol. The first-order valence-electron chi connectivity index (χ1n) is 9.81. The molecule has 3 rings (SSSR count). The van der Waals surface area contributed by atoms with Crippen LogP contribution in [0.1, 0.15) is 18.4 Å². The Morgan fingerprint density at radius 3 is 2.26 bits per heavy atom. The number of ether oxygens (including phenoxy) is 1. The molecule has 0 atom stereocenters. The first-order chi connectivity index (χ1) is 13.2. The van der Waals surface area contributed by atoms with Crippen LogP contribution in [-0.4, -0.2) is 86.1 Å². The van der Waals surface area contributed by atoms with Crippen molar-refractivity contribution in [1.82, 2.24) is 20.0 Å². The zero-order valence-corrected chi connectivity index (χ0v) is 16.2. The molecule has 0 unspecified atom stereocenters. The SMILES string of the molecule is COc1ccc(CCNC(=O)N2CCN(CC(=O)N3CCCC3)CC2)cc1. The van der Waals surface area contributed by atoms with Gasteiger partial charge in [-0.15, -0.1) is 0 Å². The van der Waals surface area contributed by atoms with Gasteiger partial charge in [-0.25, -0.2) is 4.79 Å². The molecule has 1 aromatic carbocycles. The highest BCUT2D eigenvalue weighted by Crippen LogP contribution is 2.12. The number of urea groups is 1. The van der Waals surface area contributed by atoms with Crippen LogP contribution in [0.15, 0.2) is 24.3 Å². The van der Waals surface area contributed by atoms with Gasteiger partial charge in [0.05, 0.1) is 13.7 Å². The smallest absolute Gasteiger partial charge is 0.317 e. The zero-order valence-electron chi connectivity index (χ0n) is 16.2. The number of carbonyl (C=O) groups is 2. The van der Waals surface area contributed by atoms with E-state index >= 15 is 0 Å². The second-order valence-electron chi connectivity index (χ2n) is 7.18. The molecule has 2 heterocycles. The number of rotatable bonds is 6. The Kier molecular flexibility index (Phi) is 6.92. The van der Waals surface area contributed by atoms with E-state index in [1.807, 2.05) is 34.1 Å². The molecule has 0 radical (unpaired) electrons. The summed E-state index contributed by atoms with van der Waals surface area (Å²) in [7, 11) is 1.65. The van der Waals surface area contributed by atoms with Crippen molar-refractivity contribution in [2.45, 2.75) is 19.3 Å². The highest BCUT2D eigenvalue weighted by atomic mass is 16.5. The maximum Gasteiger partial charge on any atom is 0.317 e. The van der Waals surface area contributed by atoms with E-state index < -0.39 is 0 Å². The Morgan fingerprint density at radius 2 is 1.63 bits per heavy atom. The molecule has 1 N–H and O–H groups in total. The molecule has 148 valence electrons. The van der Waals surface area contributed by atoms with Crippen molar-refractivity contribution < 1.29 is 14.3 Å². The molecule has 2 aliphatic heterocycles. The summed E-state index contributed by atoms with van der Waals surface area (Å²) in [5.74, 6) is 1.06. The van der Waals surface area contributed by atoms with Gasteiger partial charge in [0, 0.05) is 45.8 Å².